The van der Waals surface area contributed by atoms with Gasteiger partial charge in [0.25, 0.3) is 5.91 Å². The number of methoxy groups -OCH3 is 1. The van der Waals surface area contributed by atoms with Crippen LogP contribution in [-0.2, 0) is 14.4 Å². The monoisotopic (exact) mass is 527 g/mol. The number of carbonyl (C=O) groups is 3. The van der Waals surface area contributed by atoms with Gasteiger partial charge in [0.15, 0.2) is 17.9 Å². The number of nitrogens with zero attached hydrogens (tertiary/aromatic N) is 3. The largest absolute Gasteiger partial charge is 0.497 e. The van der Waals surface area contributed by atoms with Crippen LogP contribution in [0.15, 0.2) is 78.8 Å². The quantitative estimate of drug-likeness (QED) is 0.153. The summed E-state index contributed by atoms with van der Waals surface area (Å²) < 4.78 is 26.1. The average Bonchev–Trinajstić information content (AvgIpc) is 3.38. The summed E-state index contributed by atoms with van der Waals surface area (Å²) in [7, 11) is 1.55. The number of ether oxygens (including phenoxy) is 2. The summed E-state index contributed by atoms with van der Waals surface area (Å²) in [6.07, 6.45) is 5.06. The molecule has 0 atom stereocenters. The molecule has 10 nitrogen and oxygen atoms in total. The highest BCUT2D eigenvalue weighted by Crippen LogP contribution is 2.33. The third kappa shape index (κ3) is 5.29. The van der Waals surface area contributed by atoms with Crippen LogP contribution in [0.2, 0.25) is 0 Å². The lowest BCUT2D eigenvalue weighted by molar-refractivity contribution is -0.126. The molecule has 11 heteroatoms. The van der Waals surface area contributed by atoms with E-state index >= 15 is 4.39 Å². The molecule has 1 aliphatic rings. The van der Waals surface area contributed by atoms with Gasteiger partial charge in [-0.05, 0) is 42.5 Å². The summed E-state index contributed by atoms with van der Waals surface area (Å²) in [4.78, 5) is 45.9. The van der Waals surface area contributed by atoms with Crippen LogP contribution in [0.4, 0.5) is 10.1 Å². The Morgan fingerprint density at radius 3 is 2.59 bits per heavy atom. The summed E-state index contributed by atoms with van der Waals surface area (Å²) in [5.41, 5.74) is 3.77. The predicted octanol–water partition coefficient (Wildman–Crippen LogP) is 3.86. The fourth-order valence-electron chi connectivity index (χ4n) is 4.11. The van der Waals surface area contributed by atoms with E-state index in [9.17, 15) is 14.4 Å². The number of hydrogen-bond acceptors (Lipinski definition) is 8. The van der Waals surface area contributed by atoms with Gasteiger partial charge in [0.1, 0.15) is 17.1 Å². The number of rotatable bonds is 8. The zero-order valence-electron chi connectivity index (χ0n) is 20.7. The molecule has 0 radical (unpaired) electrons. The highest BCUT2D eigenvalue weighted by Gasteiger charge is 2.29. The summed E-state index contributed by atoms with van der Waals surface area (Å²) >= 11 is 0. The molecule has 0 aliphatic carbocycles. The summed E-state index contributed by atoms with van der Waals surface area (Å²) in [6, 6.07) is 13.9. The van der Waals surface area contributed by atoms with Crippen molar-refractivity contribution in [3.05, 3.63) is 90.1 Å². The number of fused-ring (bicyclic) bond motifs is 1. The zero-order valence-corrected chi connectivity index (χ0v) is 20.7. The van der Waals surface area contributed by atoms with Gasteiger partial charge >= 0.3 is 0 Å². The normalized spacial score (nSPS) is 13.7. The van der Waals surface area contributed by atoms with Crippen molar-refractivity contribution in [3.63, 3.8) is 0 Å². The van der Waals surface area contributed by atoms with Crippen LogP contribution in [-0.4, -0.2) is 46.7 Å². The van der Waals surface area contributed by atoms with E-state index in [1.807, 2.05) is 0 Å². The van der Waals surface area contributed by atoms with Crippen molar-refractivity contribution in [2.75, 3.05) is 19.0 Å². The van der Waals surface area contributed by atoms with Crippen molar-refractivity contribution in [2.24, 2.45) is 0 Å². The summed E-state index contributed by atoms with van der Waals surface area (Å²) in [5.74, 6) is -0.932. The lowest BCUT2D eigenvalue weighted by Crippen LogP contribution is -2.35. The van der Waals surface area contributed by atoms with Crippen molar-refractivity contribution < 1.29 is 28.2 Å². The molecule has 2 aromatic carbocycles. The summed E-state index contributed by atoms with van der Waals surface area (Å²) in [6.45, 7) is 0.355. The van der Waals surface area contributed by atoms with Crippen LogP contribution < -0.4 is 20.2 Å². The van der Waals surface area contributed by atoms with Gasteiger partial charge in [-0.3, -0.25) is 24.4 Å². The number of aldehydes is 1. The Labute approximate surface area is 222 Å². The van der Waals surface area contributed by atoms with Gasteiger partial charge in [0.05, 0.1) is 18.3 Å². The molecule has 2 N–H and O–H groups in total. The van der Waals surface area contributed by atoms with Gasteiger partial charge in [-0.2, -0.15) is 0 Å². The molecule has 1 fully saturated rings. The molecule has 39 heavy (non-hydrogen) atoms. The lowest BCUT2D eigenvalue weighted by atomic mass is 10.1. The van der Waals surface area contributed by atoms with Gasteiger partial charge in [-0.1, -0.05) is 0 Å². The Morgan fingerprint density at radius 1 is 1.08 bits per heavy atom. The number of carbonyl (C=O) groups excluding carboxylic acids is 3. The first-order chi connectivity index (χ1) is 19.0. The molecule has 3 heterocycles. The van der Waals surface area contributed by atoms with Crippen LogP contribution in [0.3, 0.4) is 0 Å². The Morgan fingerprint density at radius 2 is 1.90 bits per heavy atom. The SMILES string of the molecule is COc1ccc2c(Oc3ccc(NC(=O)/C(C=O)=C(\c4ccncc4)N4NCCC4=O)cc3F)ccnc2c1. The molecule has 4 aromatic rings. The number of aromatic nitrogens is 2. The number of halogens is 1. The van der Waals surface area contributed by atoms with E-state index in [4.69, 9.17) is 9.47 Å². The van der Waals surface area contributed by atoms with E-state index in [0.29, 0.717) is 40.8 Å². The Hall–Kier alpha value is -5.16. The minimum Gasteiger partial charge on any atom is -0.497 e. The molecule has 5 rings (SSSR count). The molecular formula is C28H22FN5O5. The maximum atomic E-state index is 15.0. The van der Waals surface area contributed by atoms with Crippen molar-refractivity contribution in [1.82, 2.24) is 20.4 Å². The molecule has 0 unspecified atom stereocenters. The third-order valence-corrected chi connectivity index (χ3v) is 5.97. The fourth-order valence-corrected chi connectivity index (χ4v) is 4.11. The van der Waals surface area contributed by atoms with E-state index in [2.05, 4.69) is 20.7 Å². The Bertz CT molecular complexity index is 1610. The number of hydrogen-bond donors (Lipinski definition) is 2. The number of benzene rings is 2. The number of anilines is 1. The van der Waals surface area contributed by atoms with Crippen molar-refractivity contribution in [3.8, 4) is 17.2 Å². The first-order valence-electron chi connectivity index (χ1n) is 11.9. The standard InChI is InChI=1S/C28H22FN5O5/c1-38-19-3-4-20-23(15-19)31-12-8-24(20)39-25-5-2-18(14-22(25)29)33-28(37)21(16-35)27(17-6-10-30-11-7-17)34-26(36)9-13-32-34/h2-8,10-12,14-16,32H,9,13H2,1H3,(H,33,37)/b27-21+. The number of nitrogens with one attached hydrogen (secondary N) is 2. The second-order valence-electron chi connectivity index (χ2n) is 8.40. The summed E-state index contributed by atoms with van der Waals surface area (Å²) in [5, 5.41) is 4.36. The average molecular weight is 528 g/mol. The van der Waals surface area contributed by atoms with Crippen molar-refractivity contribution >= 4 is 40.4 Å². The highest BCUT2D eigenvalue weighted by molar-refractivity contribution is 6.22. The highest BCUT2D eigenvalue weighted by atomic mass is 19.1. The van der Waals surface area contributed by atoms with Crippen LogP contribution in [0.5, 0.6) is 17.2 Å². The predicted molar refractivity (Wildman–Crippen MR) is 140 cm³/mol. The molecule has 1 saturated heterocycles. The second kappa shape index (κ2) is 11.1. The van der Waals surface area contributed by atoms with Gasteiger partial charge < -0.3 is 14.8 Å². The first-order valence-corrected chi connectivity index (χ1v) is 11.9. The van der Waals surface area contributed by atoms with Crippen LogP contribution in [0.1, 0.15) is 12.0 Å². The first kappa shape index (κ1) is 25.5. The van der Waals surface area contributed by atoms with E-state index in [0.717, 1.165) is 6.07 Å². The molecule has 2 amide bonds. The van der Waals surface area contributed by atoms with Crippen molar-refractivity contribution in [1.29, 1.82) is 0 Å². The number of amides is 2. The van der Waals surface area contributed by atoms with Crippen molar-refractivity contribution in [2.45, 2.75) is 6.42 Å². The third-order valence-electron chi connectivity index (χ3n) is 5.97. The van der Waals surface area contributed by atoms with E-state index in [1.165, 1.54) is 35.7 Å². The lowest BCUT2D eigenvalue weighted by Gasteiger charge is -2.22. The van der Waals surface area contributed by atoms with E-state index in [-0.39, 0.29) is 35.0 Å². The smallest absolute Gasteiger partial charge is 0.261 e. The van der Waals surface area contributed by atoms with E-state index in [1.54, 1.807) is 43.5 Å². The zero-order chi connectivity index (χ0) is 27.4. The van der Waals surface area contributed by atoms with Crippen LogP contribution in [0.25, 0.3) is 16.6 Å². The molecule has 0 spiro atoms. The molecular weight excluding hydrogens is 505 g/mol. The molecule has 1 aliphatic heterocycles. The molecule has 196 valence electrons. The second-order valence-corrected chi connectivity index (χ2v) is 8.40. The van der Waals surface area contributed by atoms with Crippen LogP contribution >= 0.6 is 0 Å². The topological polar surface area (TPSA) is 123 Å². The maximum Gasteiger partial charge on any atom is 0.261 e. The number of pyridine rings is 2. The minimum atomic E-state index is -0.819. The number of hydrazine groups is 1. The molecule has 0 bridgehead atoms. The Kier molecular flexibility index (Phi) is 7.23. The van der Waals surface area contributed by atoms with Gasteiger partial charge in [0, 0.05) is 60.3 Å². The van der Waals surface area contributed by atoms with Gasteiger partial charge in [0.2, 0.25) is 5.91 Å². The maximum absolute atomic E-state index is 15.0. The molecule has 0 saturated carbocycles. The molecule has 2 aromatic heterocycles. The van der Waals surface area contributed by atoms with Gasteiger partial charge in [-0.25, -0.2) is 14.8 Å². The Balaban J connectivity index is 1.41. The minimum absolute atomic E-state index is 0.0770. The van der Waals surface area contributed by atoms with Gasteiger partial charge in [-0.15, -0.1) is 0 Å². The van der Waals surface area contributed by atoms with Crippen LogP contribution in [0, 0.1) is 5.82 Å². The fraction of sp³-hybridized carbons (Fsp3) is 0.107. The van der Waals surface area contributed by atoms with E-state index < -0.39 is 11.7 Å².